The minimum Gasteiger partial charge on any atom is -0.494 e. The standard InChI is InChI=1S/C15H26N2O/c1-4-10-18-14-9-7-8-13(11-14)15(12-16)17(5-2)6-3/h7-9,11,15H,4-6,10,12,16H2,1-3H3. The lowest BCUT2D eigenvalue weighted by Gasteiger charge is -2.29. The molecule has 0 bridgehead atoms. The van der Waals surface area contributed by atoms with E-state index in [9.17, 15) is 0 Å². The molecule has 1 rings (SSSR count). The van der Waals surface area contributed by atoms with Crippen LogP contribution in [0.2, 0.25) is 0 Å². The van der Waals surface area contributed by atoms with E-state index in [1.54, 1.807) is 0 Å². The van der Waals surface area contributed by atoms with Crippen molar-refractivity contribution in [3.63, 3.8) is 0 Å². The molecule has 102 valence electrons. The Kier molecular flexibility index (Phi) is 6.76. The first-order valence-electron chi connectivity index (χ1n) is 6.93. The number of hydrogen-bond donors (Lipinski definition) is 1. The molecule has 0 heterocycles. The summed E-state index contributed by atoms with van der Waals surface area (Å²) in [5, 5.41) is 0. The van der Waals surface area contributed by atoms with Crippen molar-refractivity contribution in [2.24, 2.45) is 5.73 Å². The van der Waals surface area contributed by atoms with Crippen molar-refractivity contribution in [2.45, 2.75) is 33.2 Å². The highest BCUT2D eigenvalue weighted by atomic mass is 16.5. The van der Waals surface area contributed by atoms with Gasteiger partial charge in [-0.05, 0) is 37.2 Å². The Morgan fingerprint density at radius 2 is 1.94 bits per heavy atom. The number of nitrogens with two attached hydrogens (primary N) is 1. The molecular weight excluding hydrogens is 224 g/mol. The summed E-state index contributed by atoms with van der Waals surface area (Å²) >= 11 is 0. The molecule has 0 radical (unpaired) electrons. The summed E-state index contributed by atoms with van der Waals surface area (Å²) in [5.74, 6) is 0.944. The quantitative estimate of drug-likeness (QED) is 0.771. The summed E-state index contributed by atoms with van der Waals surface area (Å²) < 4.78 is 5.68. The van der Waals surface area contributed by atoms with Gasteiger partial charge in [0, 0.05) is 12.6 Å². The molecular formula is C15H26N2O. The van der Waals surface area contributed by atoms with E-state index in [0.717, 1.165) is 31.9 Å². The molecule has 0 saturated carbocycles. The molecule has 18 heavy (non-hydrogen) atoms. The molecule has 2 N–H and O–H groups in total. The minimum atomic E-state index is 0.283. The Bertz CT molecular complexity index is 337. The third-order valence-electron chi connectivity index (χ3n) is 3.19. The minimum absolute atomic E-state index is 0.283. The number of hydrogen-bond acceptors (Lipinski definition) is 3. The second-order valence-corrected chi connectivity index (χ2v) is 4.39. The number of ether oxygens (including phenoxy) is 1. The van der Waals surface area contributed by atoms with Crippen LogP contribution in [-0.4, -0.2) is 31.1 Å². The van der Waals surface area contributed by atoms with Crippen molar-refractivity contribution in [3.8, 4) is 5.75 Å². The third-order valence-corrected chi connectivity index (χ3v) is 3.19. The molecule has 0 amide bonds. The monoisotopic (exact) mass is 250 g/mol. The average molecular weight is 250 g/mol. The van der Waals surface area contributed by atoms with Gasteiger partial charge in [0.05, 0.1) is 6.61 Å². The molecule has 3 heteroatoms. The smallest absolute Gasteiger partial charge is 0.119 e. The van der Waals surface area contributed by atoms with Crippen LogP contribution >= 0.6 is 0 Å². The van der Waals surface area contributed by atoms with Gasteiger partial charge in [-0.1, -0.05) is 32.9 Å². The van der Waals surface area contributed by atoms with Crippen LogP contribution in [0.1, 0.15) is 38.8 Å². The lowest BCUT2D eigenvalue weighted by molar-refractivity contribution is 0.223. The van der Waals surface area contributed by atoms with Crippen LogP contribution in [0.5, 0.6) is 5.75 Å². The Morgan fingerprint density at radius 1 is 1.22 bits per heavy atom. The molecule has 0 spiro atoms. The van der Waals surface area contributed by atoms with Crippen molar-refractivity contribution in [1.29, 1.82) is 0 Å². The second kappa shape index (κ2) is 8.11. The summed E-state index contributed by atoms with van der Waals surface area (Å²) in [6.07, 6.45) is 1.03. The van der Waals surface area contributed by atoms with E-state index < -0.39 is 0 Å². The second-order valence-electron chi connectivity index (χ2n) is 4.39. The fourth-order valence-electron chi connectivity index (χ4n) is 2.19. The van der Waals surface area contributed by atoms with Crippen LogP contribution in [0, 0.1) is 0 Å². The SMILES string of the molecule is CCCOc1cccc(C(CN)N(CC)CC)c1. The first-order chi connectivity index (χ1) is 8.76. The maximum Gasteiger partial charge on any atom is 0.119 e. The number of nitrogens with zero attached hydrogens (tertiary/aromatic N) is 1. The van der Waals surface area contributed by atoms with Gasteiger partial charge in [0.15, 0.2) is 0 Å². The molecule has 3 nitrogen and oxygen atoms in total. The van der Waals surface area contributed by atoms with Gasteiger partial charge < -0.3 is 10.5 Å². The van der Waals surface area contributed by atoms with Gasteiger partial charge in [0.25, 0.3) is 0 Å². The van der Waals surface area contributed by atoms with E-state index in [1.807, 2.05) is 12.1 Å². The largest absolute Gasteiger partial charge is 0.494 e. The van der Waals surface area contributed by atoms with Crippen LogP contribution in [0.25, 0.3) is 0 Å². The highest BCUT2D eigenvalue weighted by Gasteiger charge is 2.16. The summed E-state index contributed by atoms with van der Waals surface area (Å²) in [7, 11) is 0. The maximum atomic E-state index is 5.92. The van der Waals surface area contributed by atoms with E-state index in [2.05, 4.69) is 37.8 Å². The average Bonchev–Trinajstić information content (AvgIpc) is 2.42. The summed E-state index contributed by atoms with van der Waals surface area (Å²) in [6, 6.07) is 8.59. The van der Waals surface area contributed by atoms with Crippen LogP contribution in [0.4, 0.5) is 0 Å². The third kappa shape index (κ3) is 4.00. The van der Waals surface area contributed by atoms with Gasteiger partial charge in [-0.3, -0.25) is 4.90 Å². The fourth-order valence-corrected chi connectivity index (χ4v) is 2.19. The summed E-state index contributed by atoms with van der Waals surface area (Å²) in [4.78, 5) is 2.37. The Hall–Kier alpha value is -1.06. The first-order valence-corrected chi connectivity index (χ1v) is 6.93. The van der Waals surface area contributed by atoms with Crippen molar-refractivity contribution in [3.05, 3.63) is 29.8 Å². The van der Waals surface area contributed by atoms with Gasteiger partial charge in [-0.15, -0.1) is 0 Å². The zero-order valence-electron chi connectivity index (χ0n) is 11.9. The molecule has 1 aromatic carbocycles. The highest BCUT2D eigenvalue weighted by molar-refractivity contribution is 5.31. The Balaban J connectivity index is 2.84. The van der Waals surface area contributed by atoms with Crippen molar-refractivity contribution in [2.75, 3.05) is 26.2 Å². The molecule has 1 aromatic rings. The van der Waals surface area contributed by atoms with Gasteiger partial charge in [0.2, 0.25) is 0 Å². The lowest BCUT2D eigenvalue weighted by Crippen LogP contribution is -2.33. The van der Waals surface area contributed by atoms with Crippen molar-refractivity contribution in [1.82, 2.24) is 4.90 Å². The van der Waals surface area contributed by atoms with Gasteiger partial charge in [0.1, 0.15) is 5.75 Å². The predicted octanol–water partition coefficient (Wildman–Crippen LogP) is 2.82. The molecule has 0 aromatic heterocycles. The Labute approximate surface area is 111 Å². The molecule has 0 saturated heterocycles. The summed E-state index contributed by atoms with van der Waals surface area (Å²) in [6.45, 7) is 9.88. The van der Waals surface area contributed by atoms with Crippen LogP contribution in [0.15, 0.2) is 24.3 Å². The molecule has 0 aliphatic heterocycles. The molecule has 0 fully saturated rings. The molecule has 0 aliphatic carbocycles. The zero-order chi connectivity index (χ0) is 13.4. The Morgan fingerprint density at radius 3 is 2.50 bits per heavy atom. The van der Waals surface area contributed by atoms with Crippen molar-refractivity contribution >= 4 is 0 Å². The molecule has 1 unspecified atom stereocenters. The zero-order valence-corrected chi connectivity index (χ0v) is 11.9. The maximum absolute atomic E-state index is 5.92. The van der Waals surface area contributed by atoms with Crippen molar-refractivity contribution < 1.29 is 4.74 Å². The predicted molar refractivity (Wildman–Crippen MR) is 76.9 cm³/mol. The van der Waals surface area contributed by atoms with Crippen LogP contribution in [-0.2, 0) is 0 Å². The highest BCUT2D eigenvalue weighted by Crippen LogP contribution is 2.23. The summed E-state index contributed by atoms with van der Waals surface area (Å²) in [5.41, 5.74) is 7.17. The van der Waals surface area contributed by atoms with Gasteiger partial charge in [-0.2, -0.15) is 0 Å². The van der Waals surface area contributed by atoms with E-state index >= 15 is 0 Å². The topological polar surface area (TPSA) is 38.5 Å². The van der Waals surface area contributed by atoms with Crippen LogP contribution in [0.3, 0.4) is 0 Å². The lowest BCUT2D eigenvalue weighted by atomic mass is 10.0. The fraction of sp³-hybridized carbons (Fsp3) is 0.600. The van der Waals surface area contributed by atoms with E-state index in [-0.39, 0.29) is 6.04 Å². The van der Waals surface area contributed by atoms with Crippen LogP contribution < -0.4 is 10.5 Å². The molecule has 0 aliphatic rings. The van der Waals surface area contributed by atoms with E-state index in [1.165, 1.54) is 5.56 Å². The number of benzene rings is 1. The van der Waals surface area contributed by atoms with E-state index in [4.69, 9.17) is 10.5 Å². The molecule has 1 atom stereocenters. The number of likely N-dealkylation sites (N-methyl/N-ethyl adjacent to an activating group) is 1. The normalized spacial score (nSPS) is 12.7. The first kappa shape index (κ1) is 15.0. The van der Waals surface area contributed by atoms with Gasteiger partial charge >= 0.3 is 0 Å². The van der Waals surface area contributed by atoms with Gasteiger partial charge in [-0.25, -0.2) is 0 Å². The van der Waals surface area contributed by atoms with E-state index in [0.29, 0.717) is 6.54 Å². The number of rotatable bonds is 8.